The number of alkyl halides is 3. The molecule has 6 nitrogen and oxygen atoms in total. The molecule has 1 rings (SSSR count). The van der Waals surface area contributed by atoms with E-state index in [-0.39, 0.29) is 23.6 Å². The Kier molecular flexibility index (Phi) is 13.5. The molecular weight excluding hydrogens is 493 g/mol. The lowest BCUT2D eigenvalue weighted by Crippen LogP contribution is -2.40. The molecule has 0 saturated carbocycles. The number of rotatable bonds is 17. The lowest BCUT2D eigenvalue weighted by atomic mass is 9.96. The average molecular weight is 533 g/mol. The molecule has 0 fully saturated rings. The van der Waals surface area contributed by atoms with Crippen molar-refractivity contribution in [2.24, 2.45) is 0 Å². The Balaban J connectivity index is 2.32. The molecule has 10 heteroatoms. The summed E-state index contributed by atoms with van der Waals surface area (Å²) >= 11 is 0. The molecule has 0 unspecified atom stereocenters. The number of anilines is 1. The van der Waals surface area contributed by atoms with Gasteiger partial charge in [0.2, 0.25) is 0 Å². The van der Waals surface area contributed by atoms with E-state index in [1.54, 1.807) is 0 Å². The molecule has 1 aromatic carbocycles. The van der Waals surface area contributed by atoms with Gasteiger partial charge in [0.1, 0.15) is 15.4 Å². The lowest BCUT2D eigenvalue weighted by Gasteiger charge is -2.22. The summed E-state index contributed by atoms with van der Waals surface area (Å²) in [4.78, 5) is 12.4. The molecule has 0 bridgehead atoms. The lowest BCUT2D eigenvalue weighted by molar-refractivity contribution is -0.138. The van der Waals surface area contributed by atoms with Gasteiger partial charge in [0.25, 0.3) is 5.91 Å². The highest BCUT2D eigenvalue weighted by Gasteiger charge is 2.35. The summed E-state index contributed by atoms with van der Waals surface area (Å²) < 4.78 is 63.5. The van der Waals surface area contributed by atoms with Crippen molar-refractivity contribution in [3.63, 3.8) is 0 Å². The minimum atomic E-state index is -4.74. The molecule has 0 saturated heterocycles. The predicted molar refractivity (Wildman–Crippen MR) is 135 cm³/mol. The second-order valence-corrected chi connectivity index (χ2v) is 11.8. The first kappa shape index (κ1) is 31.9. The number of aliphatic hydroxyl groups is 1. The Morgan fingerprint density at radius 3 is 2.03 bits per heavy atom. The zero-order valence-corrected chi connectivity index (χ0v) is 22.1. The number of hydrogen-bond acceptors (Lipinski definition) is 5. The van der Waals surface area contributed by atoms with Crippen molar-refractivity contribution in [3.8, 4) is 6.07 Å². The van der Waals surface area contributed by atoms with Gasteiger partial charge in [0.05, 0.1) is 28.7 Å². The third-order valence-corrected chi connectivity index (χ3v) is 7.94. The number of hydrogen-bond donors (Lipinski definition) is 2. The van der Waals surface area contributed by atoms with E-state index in [0.717, 1.165) is 63.9 Å². The fraction of sp³-hybridized carbons (Fsp3) is 0.692. The van der Waals surface area contributed by atoms with E-state index in [0.29, 0.717) is 18.9 Å². The smallest absolute Gasteiger partial charge is 0.380 e. The molecule has 0 radical (unpaired) electrons. The van der Waals surface area contributed by atoms with Crippen LogP contribution in [0.3, 0.4) is 0 Å². The van der Waals surface area contributed by atoms with Crippen molar-refractivity contribution in [2.75, 3.05) is 16.8 Å². The van der Waals surface area contributed by atoms with Gasteiger partial charge in [-0.15, -0.1) is 0 Å². The molecule has 0 aliphatic heterocycles. The topological polar surface area (TPSA) is 107 Å². The van der Waals surface area contributed by atoms with E-state index in [9.17, 15) is 31.5 Å². The van der Waals surface area contributed by atoms with Gasteiger partial charge in [-0.1, -0.05) is 64.7 Å². The Hall–Kier alpha value is -2.12. The summed E-state index contributed by atoms with van der Waals surface area (Å²) in [5.74, 6) is -0.352. The number of amides is 1. The molecule has 204 valence electrons. The second-order valence-electron chi connectivity index (χ2n) is 9.54. The zero-order chi connectivity index (χ0) is 27.2. The number of nitrogens with one attached hydrogen (secondary N) is 1. The van der Waals surface area contributed by atoms with Gasteiger partial charge in [0, 0.05) is 5.69 Å². The van der Waals surface area contributed by atoms with Crippen LogP contribution in [-0.2, 0) is 20.8 Å². The SMILES string of the molecule is CCCCCCCS(=O)(=O)CCCCCCCC[C@](C)(O)C(=O)Nc1ccc(C#N)c(C(F)(F)F)c1. The van der Waals surface area contributed by atoms with Gasteiger partial charge in [-0.05, 0) is 44.4 Å². The van der Waals surface area contributed by atoms with Crippen LogP contribution in [-0.4, -0.2) is 36.5 Å². The number of nitriles is 1. The third kappa shape index (κ3) is 12.2. The number of benzene rings is 1. The van der Waals surface area contributed by atoms with Gasteiger partial charge in [0.15, 0.2) is 0 Å². The fourth-order valence-corrected chi connectivity index (χ4v) is 5.35. The second kappa shape index (κ2) is 15.2. The van der Waals surface area contributed by atoms with Crippen molar-refractivity contribution in [1.82, 2.24) is 0 Å². The van der Waals surface area contributed by atoms with E-state index in [4.69, 9.17) is 5.26 Å². The summed E-state index contributed by atoms with van der Waals surface area (Å²) in [7, 11) is -2.99. The molecule has 0 spiro atoms. The molecule has 1 atom stereocenters. The molecule has 1 amide bonds. The van der Waals surface area contributed by atoms with Crippen molar-refractivity contribution in [1.29, 1.82) is 5.26 Å². The molecular formula is C26H39F3N2O4S. The normalized spacial score (nSPS) is 13.7. The minimum Gasteiger partial charge on any atom is -0.380 e. The standard InChI is InChI=1S/C26H39F3N2O4S/c1-3-4-5-9-12-17-36(34,35)18-13-10-7-6-8-11-16-25(2,33)24(32)31-22-15-14-21(20-30)23(19-22)26(27,28)29/h14-15,19,33H,3-13,16-18H2,1-2H3,(H,31,32)/t25-/m0/s1. The van der Waals surface area contributed by atoms with Crippen molar-refractivity contribution >= 4 is 21.4 Å². The maximum atomic E-state index is 13.1. The van der Waals surface area contributed by atoms with Crippen molar-refractivity contribution < 1.29 is 31.5 Å². The molecule has 0 heterocycles. The minimum absolute atomic E-state index is 0.133. The van der Waals surface area contributed by atoms with E-state index >= 15 is 0 Å². The van der Waals surface area contributed by atoms with Crippen LogP contribution in [0.15, 0.2) is 18.2 Å². The van der Waals surface area contributed by atoms with Crippen LogP contribution >= 0.6 is 0 Å². The van der Waals surface area contributed by atoms with Crippen LogP contribution in [0.25, 0.3) is 0 Å². The first-order valence-corrected chi connectivity index (χ1v) is 14.5. The highest BCUT2D eigenvalue weighted by Crippen LogP contribution is 2.33. The Bertz CT molecular complexity index is 970. The fourth-order valence-electron chi connectivity index (χ4n) is 3.86. The quantitative estimate of drug-likeness (QED) is 0.226. The number of carbonyl (C=O) groups excluding carboxylic acids is 1. The van der Waals surface area contributed by atoms with Crippen molar-refractivity contribution in [2.45, 2.75) is 103 Å². The van der Waals surface area contributed by atoms with Crippen LogP contribution in [0, 0.1) is 11.3 Å². The van der Waals surface area contributed by atoms with E-state index in [2.05, 4.69) is 12.2 Å². The highest BCUT2D eigenvalue weighted by molar-refractivity contribution is 7.91. The molecule has 1 aromatic rings. The Morgan fingerprint density at radius 1 is 0.972 bits per heavy atom. The highest BCUT2D eigenvalue weighted by atomic mass is 32.2. The molecule has 0 aliphatic rings. The summed E-state index contributed by atoms with van der Waals surface area (Å²) in [6.07, 6.45) is 4.80. The maximum Gasteiger partial charge on any atom is 0.417 e. The number of halogens is 3. The van der Waals surface area contributed by atoms with Gasteiger partial charge in [-0.25, -0.2) is 8.42 Å². The van der Waals surface area contributed by atoms with E-state index < -0.39 is 38.6 Å². The summed E-state index contributed by atoms with van der Waals surface area (Å²) in [5, 5.41) is 21.6. The van der Waals surface area contributed by atoms with Gasteiger partial charge >= 0.3 is 6.18 Å². The van der Waals surface area contributed by atoms with Crippen LogP contribution in [0.2, 0.25) is 0 Å². The molecule has 2 N–H and O–H groups in total. The summed E-state index contributed by atoms with van der Waals surface area (Å²) in [5.41, 5.74) is -3.62. The van der Waals surface area contributed by atoms with Gasteiger partial charge in [-0.3, -0.25) is 4.79 Å². The van der Waals surface area contributed by atoms with Gasteiger partial charge in [-0.2, -0.15) is 18.4 Å². The maximum absolute atomic E-state index is 13.1. The van der Waals surface area contributed by atoms with E-state index in [1.165, 1.54) is 19.1 Å². The number of nitrogens with zero attached hydrogens (tertiary/aromatic N) is 1. The van der Waals surface area contributed by atoms with Crippen molar-refractivity contribution in [3.05, 3.63) is 29.3 Å². The Labute approximate surface area is 213 Å². The molecule has 0 aliphatic carbocycles. The molecule has 36 heavy (non-hydrogen) atoms. The van der Waals surface area contributed by atoms with Crippen LogP contribution in [0.5, 0.6) is 0 Å². The average Bonchev–Trinajstić information content (AvgIpc) is 2.79. The number of carbonyl (C=O) groups is 1. The third-order valence-electron chi connectivity index (χ3n) is 6.12. The zero-order valence-electron chi connectivity index (χ0n) is 21.3. The monoisotopic (exact) mass is 532 g/mol. The summed E-state index contributed by atoms with van der Waals surface area (Å²) in [6, 6.07) is 4.32. The van der Waals surface area contributed by atoms with Crippen LogP contribution in [0.4, 0.5) is 18.9 Å². The summed E-state index contributed by atoms with van der Waals surface area (Å²) in [6.45, 7) is 3.43. The first-order valence-electron chi connectivity index (χ1n) is 12.7. The number of sulfone groups is 1. The Morgan fingerprint density at radius 2 is 1.50 bits per heavy atom. The first-order chi connectivity index (χ1) is 16.8. The largest absolute Gasteiger partial charge is 0.417 e. The predicted octanol–water partition coefficient (Wildman–Crippen LogP) is 6.38. The van der Waals surface area contributed by atoms with Crippen LogP contribution in [0.1, 0.15) is 102 Å². The van der Waals surface area contributed by atoms with Crippen LogP contribution < -0.4 is 5.32 Å². The number of unbranched alkanes of at least 4 members (excludes halogenated alkanes) is 9. The van der Waals surface area contributed by atoms with Gasteiger partial charge < -0.3 is 10.4 Å². The van der Waals surface area contributed by atoms with E-state index in [1.807, 2.05) is 0 Å². The molecule has 0 aromatic heterocycles.